The SMILES string of the molecule is NC1(C#CCF)[C@@H](O)[C@@H](CO)O[C@H]1n1ccc(=O)[nH]c1=O. The number of nitrogens with zero attached hydrogens (tertiary/aromatic N) is 1. The zero-order valence-corrected chi connectivity index (χ0v) is 10.8. The molecule has 8 nitrogen and oxygen atoms in total. The third-order valence-corrected chi connectivity index (χ3v) is 3.21. The number of aromatic amines is 1. The van der Waals surface area contributed by atoms with Crippen molar-refractivity contribution in [2.24, 2.45) is 5.73 Å². The molecule has 4 atom stereocenters. The molecule has 1 aromatic heterocycles. The Hall–Kier alpha value is -1.99. The second-order valence-corrected chi connectivity index (χ2v) is 4.54. The lowest BCUT2D eigenvalue weighted by molar-refractivity contribution is -0.0477. The predicted octanol–water partition coefficient (Wildman–Crippen LogP) is -2.54. The fourth-order valence-electron chi connectivity index (χ4n) is 2.18. The van der Waals surface area contributed by atoms with Gasteiger partial charge in [-0.25, -0.2) is 9.18 Å². The molecule has 1 aliphatic rings. The zero-order chi connectivity index (χ0) is 15.6. The van der Waals surface area contributed by atoms with Gasteiger partial charge in [0.05, 0.1) is 6.61 Å². The molecule has 114 valence electrons. The number of nitrogens with one attached hydrogen (secondary N) is 1. The molecule has 0 spiro atoms. The zero-order valence-electron chi connectivity index (χ0n) is 10.8. The van der Waals surface area contributed by atoms with Gasteiger partial charge in [0.15, 0.2) is 11.8 Å². The Labute approximate surface area is 118 Å². The molecule has 0 bridgehead atoms. The Morgan fingerprint density at radius 1 is 1.57 bits per heavy atom. The normalized spacial score (nSPS) is 31.7. The topological polar surface area (TPSA) is 131 Å². The molecule has 0 amide bonds. The molecule has 1 aliphatic heterocycles. The first-order chi connectivity index (χ1) is 9.93. The summed E-state index contributed by atoms with van der Waals surface area (Å²) in [5.74, 6) is 4.41. The van der Waals surface area contributed by atoms with E-state index in [-0.39, 0.29) is 0 Å². The summed E-state index contributed by atoms with van der Waals surface area (Å²) in [6.07, 6.45) is -2.69. The third kappa shape index (κ3) is 2.62. The van der Waals surface area contributed by atoms with Gasteiger partial charge in [0.1, 0.15) is 18.9 Å². The van der Waals surface area contributed by atoms with Crippen LogP contribution in [0.4, 0.5) is 4.39 Å². The van der Waals surface area contributed by atoms with Crippen molar-refractivity contribution in [2.75, 3.05) is 13.3 Å². The second kappa shape index (κ2) is 5.79. The minimum absolute atomic E-state index is 0.563. The van der Waals surface area contributed by atoms with E-state index in [4.69, 9.17) is 15.6 Å². The third-order valence-electron chi connectivity index (χ3n) is 3.21. The van der Waals surface area contributed by atoms with Crippen molar-refractivity contribution in [3.05, 3.63) is 33.1 Å². The first kappa shape index (κ1) is 15.4. The minimum Gasteiger partial charge on any atom is -0.394 e. The van der Waals surface area contributed by atoms with Crippen LogP contribution in [0.25, 0.3) is 0 Å². The van der Waals surface area contributed by atoms with E-state index < -0.39 is 48.5 Å². The summed E-state index contributed by atoms with van der Waals surface area (Å²) < 4.78 is 18.5. The van der Waals surface area contributed by atoms with Crippen molar-refractivity contribution >= 4 is 0 Å². The number of aliphatic hydroxyl groups is 2. The summed E-state index contributed by atoms with van der Waals surface area (Å²) >= 11 is 0. The van der Waals surface area contributed by atoms with E-state index in [9.17, 15) is 19.1 Å². The monoisotopic (exact) mass is 299 g/mol. The lowest BCUT2D eigenvalue weighted by Gasteiger charge is -2.27. The van der Waals surface area contributed by atoms with Crippen molar-refractivity contribution < 1.29 is 19.3 Å². The largest absolute Gasteiger partial charge is 0.394 e. The Kier molecular flexibility index (Phi) is 4.24. The number of ether oxygens (including phenoxy) is 1. The van der Waals surface area contributed by atoms with E-state index in [1.165, 1.54) is 0 Å². The predicted molar refractivity (Wildman–Crippen MR) is 69.0 cm³/mol. The Morgan fingerprint density at radius 2 is 2.29 bits per heavy atom. The van der Waals surface area contributed by atoms with E-state index in [0.717, 1.165) is 16.8 Å². The van der Waals surface area contributed by atoms with Crippen molar-refractivity contribution in [3.8, 4) is 11.8 Å². The standard InChI is InChI=1S/C12H14FN3O5/c13-4-1-3-12(14)9(19)7(6-17)21-10(12)16-5-2-8(18)15-11(16)20/h2,5,7,9-10,17,19H,4,6,14H2,(H,15,18,20)/t7-,9+,10-,12?/m1/s1. The lowest BCUT2D eigenvalue weighted by atomic mass is 9.91. The molecule has 1 fully saturated rings. The quantitative estimate of drug-likeness (QED) is 0.445. The molecular weight excluding hydrogens is 285 g/mol. The summed E-state index contributed by atoms with van der Waals surface area (Å²) in [7, 11) is 0. The van der Waals surface area contributed by atoms with Crippen LogP contribution >= 0.6 is 0 Å². The van der Waals surface area contributed by atoms with Crippen LogP contribution in [0.5, 0.6) is 0 Å². The summed E-state index contributed by atoms with van der Waals surface area (Å²) in [6.45, 7) is -1.56. The van der Waals surface area contributed by atoms with E-state index >= 15 is 0 Å². The van der Waals surface area contributed by atoms with Crippen LogP contribution < -0.4 is 17.0 Å². The fourth-order valence-corrected chi connectivity index (χ4v) is 2.18. The number of H-pyrrole nitrogens is 1. The number of nitrogens with two attached hydrogens (primary N) is 1. The second-order valence-electron chi connectivity index (χ2n) is 4.54. The highest BCUT2D eigenvalue weighted by atomic mass is 19.1. The van der Waals surface area contributed by atoms with Gasteiger partial charge in [-0.15, -0.1) is 0 Å². The van der Waals surface area contributed by atoms with Crippen LogP contribution in [0.3, 0.4) is 0 Å². The highest BCUT2D eigenvalue weighted by Gasteiger charge is 2.54. The first-order valence-corrected chi connectivity index (χ1v) is 6.04. The maximum absolute atomic E-state index is 12.3. The van der Waals surface area contributed by atoms with Gasteiger partial charge in [-0.3, -0.25) is 14.3 Å². The number of rotatable bonds is 2. The smallest absolute Gasteiger partial charge is 0.330 e. The van der Waals surface area contributed by atoms with Crippen LogP contribution in [-0.4, -0.2) is 50.8 Å². The molecule has 0 aromatic carbocycles. The van der Waals surface area contributed by atoms with Gasteiger partial charge in [-0.05, 0) is 0 Å². The lowest BCUT2D eigenvalue weighted by Crippen LogP contribution is -2.55. The van der Waals surface area contributed by atoms with Gasteiger partial charge >= 0.3 is 5.69 Å². The van der Waals surface area contributed by atoms with Gasteiger partial charge in [0, 0.05) is 12.3 Å². The molecule has 1 unspecified atom stereocenters. The van der Waals surface area contributed by atoms with Crippen LogP contribution in [-0.2, 0) is 4.74 Å². The summed E-state index contributed by atoms with van der Waals surface area (Å²) in [5.41, 5.74) is 2.71. The Morgan fingerprint density at radius 3 is 2.86 bits per heavy atom. The fraction of sp³-hybridized carbons (Fsp3) is 0.500. The number of halogens is 1. The van der Waals surface area contributed by atoms with Gasteiger partial charge in [-0.1, -0.05) is 11.8 Å². The molecule has 0 saturated carbocycles. The highest BCUT2D eigenvalue weighted by Crippen LogP contribution is 2.35. The minimum atomic E-state index is -1.80. The molecule has 0 aliphatic carbocycles. The summed E-state index contributed by atoms with van der Waals surface area (Å²) in [4.78, 5) is 24.9. The van der Waals surface area contributed by atoms with Crippen LogP contribution in [0, 0.1) is 11.8 Å². The Balaban J connectivity index is 2.53. The van der Waals surface area contributed by atoms with Crippen LogP contribution in [0.2, 0.25) is 0 Å². The first-order valence-electron chi connectivity index (χ1n) is 6.04. The van der Waals surface area contributed by atoms with Crippen molar-refractivity contribution in [3.63, 3.8) is 0 Å². The number of hydrogen-bond acceptors (Lipinski definition) is 6. The molecule has 1 saturated heterocycles. The van der Waals surface area contributed by atoms with E-state index in [1.807, 2.05) is 4.98 Å². The van der Waals surface area contributed by atoms with E-state index in [2.05, 4.69) is 11.8 Å². The summed E-state index contributed by atoms with van der Waals surface area (Å²) in [6, 6.07) is 1.06. The number of hydrogen-bond donors (Lipinski definition) is 4. The van der Waals surface area contributed by atoms with E-state index in [0.29, 0.717) is 0 Å². The maximum atomic E-state index is 12.3. The van der Waals surface area contributed by atoms with Gasteiger partial charge in [0.25, 0.3) is 5.56 Å². The number of aromatic nitrogens is 2. The van der Waals surface area contributed by atoms with Gasteiger partial charge < -0.3 is 20.7 Å². The number of alkyl halides is 1. The molecular formula is C12H14FN3O5. The van der Waals surface area contributed by atoms with Crippen LogP contribution in [0.1, 0.15) is 6.23 Å². The molecule has 2 rings (SSSR count). The molecule has 2 heterocycles. The van der Waals surface area contributed by atoms with Crippen molar-refractivity contribution in [1.29, 1.82) is 0 Å². The summed E-state index contributed by atoms with van der Waals surface area (Å²) in [5, 5.41) is 19.3. The molecule has 9 heteroatoms. The molecule has 21 heavy (non-hydrogen) atoms. The van der Waals surface area contributed by atoms with Crippen molar-refractivity contribution in [1.82, 2.24) is 9.55 Å². The van der Waals surface area contributed by atoms with Crippen LogP contribution in [0.15, 0.2) is 21.9 Å². The molecule has 0 radical (unpaired) electrons. The van der Waals surface area contributed by atoms with Gasteiger partial charge in [0.2, 0.25) is 0 Å². The average molecular weight is 299 g/mol. The molecule has 5 N–H and O–H groups in total. The van der Waals surface area contributed by atoms with E-state index in [1.54, 1.807) is 0 Å². The highest BCUT2D eigenvalue weighted by molar-refractivity contribution is 5.25. The van der Waals surface area contributed by atoms with Gasteiger partial charge in [-0.2, -0.15) is 0 Å². The maximum Gasteiger partial charge on any atom is 0.330 e. The number of aliphatic hydroxyl groups excluding tert-OH is 2. The Bertz CT molecular complexity index is 690. The average Bonchev–Trinajstić information content (AvgIpc) is 2.70. The van der Waals surface area contributed by atoms with Crippen molar-refractivity contribution in [2.45, 2.75) is 24.0 Å². The molecule has 1 aromatic rings.